The monoisotopic (exact) mass is 606 g/mol. The average Bonchev–Trinajstić information content (AvgIpc) is 3.59. The number of benzene rings is 1. The van der Waals surface area contributed by atoms with Crippen LogP contribution in [0, 0.1) is 11.2 Å². The number of ether oxygens (including phenoxy) is 1. The largest absolute Gasteiger partial charge is 0.492 e. The summed E-state index contributed by atoms with van der Waals surface area (Å²) in [5.41, 5.74) is 6.91. The van der Waals surface area contributed by atoms with Crippen molar-refractivity contribution in [3.63, 3.8) is 0 Å². The first-order valence-electron chi connectivity index (χ1n) is 14.7. The zero-order chi connectivity index (χ0) is 31.7. The first kappa shape index (κ1) is 29.9. The molecule has 0 bridgehead atoms. The number of pyridine rings is 3. The second-order valence-corrected chi connectivity index (χ2v) is 12.6. The Morgan fingerprint density at radius 1 is 0.978 bits per heavy atom. The molecule has 0 aliphatic rings. The quantitative estimate of drug-likeness (QED) is 0.168. The van der Waals surface area contributed by atoms with E-state index in [0.717, 1.165) is 33.2 Å². The number of nitrogens with one attached hydrogen (secondary N) is 3. The molecule has 6 rings (SSSR count). The van der Waals surface area contributed by atoms with Crippen LogP contribution in [0.1, 0.15) is 27.2 Å². The van der Waals surface area contributed by atoms with Crippen molar-refractivity contribution < 1.29 is 13.9 Å². The van der Waals surface area contributed by atoms with Crippen LogP contribution in [0.3, 0.4) is 0 Å². The number of hydrogen-bond donors (Lipinski definition) is 3. The van der Waals surface area contributed by atoms with E-state index < -0.39 is 0 Å². The van der Waals surface area contributed by atoms with Crippen molar-refractivity contribution >= 4 is 33.5 Å². The molecule has 0 radical (unpaired) electrons. The summed E-state index contributed by atoms with van der Waals surface area (Å²) in [5.74, 6) is 0.00500. The SMILES string of the molecule is CN(C)CCOc1cc(F)cc(-c2cncc3[nH]c(-c4n[nH]c5ccc(-c6cncc(NC(=O)CC(C)(C)C)c6)nc45)cc23)c1. The van der Waals surface area contributed by atoms with E-state index in [1.54, 1.807) is 24.8 Å². The highest BCUT2D eigenvalue weighted by atomic mass is 19.1. The van der Waals surface area contributed by atoms with Gasteiger partial charge < -0.3 is 19.9 Å². The van der Waals surface area contributed by atoms with Gasteiger partial charge in [0, 0.05) is 47.9 Å². The van der Waals surface area contributed by atoms with Crippen LogP contribution in [0.2, 0.25) is 0 Å². The zero-order valence-corrected chi connectivity index (χ0v) is 25.9. The zero-order valence-electron chi connectivity index (χ0n) is 25.9. The van der Waals surface area contributed by atoms with E-state index in [2.05, 4.69) is 30.5 Å². The lowest BCUT2D eigenvalue weighted by Gasteiger charge is -2.17. The van der Waals surface area contributed by atoms with Gasteiger partial charge in [-0.05, 0) is 61.5 Å². The Morgan fingerprint density at radius 3 is 2.60 bits per heavy atom. The molecule has 0 aliphatic heterocycles. The third-order valence-corrected chi connectivity index (χ3v) is 7.21. The van der Waals surface area contributed by atoms with Crippen LogP contribution < -0.4 is 10.1 Å². The fraction of sp³-hybridized carbons (Fsp3) is 0.265. The molecule has 1 amide bonds. The van der Waals surface area contributed by atoms with Gasteiger partial charge in [-0.2, -0.15) is 5.10 Å². The highest BCUT2D eigenvalue weighted by molar-refractivity contribution is 6.00. The Hall–Kier alpha value is -5.16. The molecule has 10 nitrogen and oxygen atoms in total. The highest BCUT2D eigenvalue weighted by Crippen LogP contribution is 2.35. The first-order chi connectivity index (χ1) is 21.5. The smallest absolute Gasteiger partial charge is 0.224 e. The average molecular weight is 607 g/mol. The number of hydrogen-bond acceptors (Lipinski definition) is 7. The van der Waals surface area contributed by atoms with Crippen LogP contribution in [0.4, 0.5) is 10.1 Å². The Morgan fingerprint density at radius 2 is 1.80 bits per heavy atom. The minimum absolute atomic E-state index is 0.0685. The number of nitrogens with zero attached hydrogens (tertiary/aromatic N) is 5. The van der Waals surface area contributed by atoms with Crippen LogP contribution in [-0.4, -0.2) is 68.2 Å². The molecule has 11 heteroatoms. The lowest BCUT2D eigenvalue weighted by atomic mass is 9.92. The van der Waals surface area contributed by atoms with Crippen LogP contribution >= 0.6 is 0 Å². The molecule has 0 spiro atoms. The summed E-state index contributed by atoms with van der Waals surface area (Å²) >= 11 is 0. The van der Waals surface area contributed by atoms with E-state index >= 15 is 0 Å². The van der Waals surface area contributed by atoms with Gasteiger partial charge in [0.25, 0.3) is 0 Å². The minimum atomic E-state index is -0.387. The topological polar surface area (TPSA) is 125 Å². The van der Waals surface area contributed by atoms with Crippen LogP contribution in [0.25, 0.3) is 55.7 Å². The summed E-state index contributed by atoms with van der Waals surface area (Å²) in [6, 6.07) is 12.3. The van der Waals surface area contributed by atoms with E-state index in [-0.39, 0.29) is 17.1 Å². The molecular formula is C34H35FN8O2. The van der Waals surface area contributed by atoms with Gasteiger partial charge in [-0.1, -0.05) is 20.8 Å². The van der Waals surface area contributed by atoms with E-state index in [1.165, 1.54) is 12.1 Å². The van der Waals surface area contributed by atoms with Gasteiger partial charge in [0.1, 0.15) is 29.4 Å². The van der Waals surface area contributed by atoms with Crippen molar-refractivity contribution in [3.8, 4) is 39.5 Å². The summed E-state index contributed by atoms with van der Waals surface area (Å²) in [6.07, 6.45) is 7.18. The van der Waals surface area contributed by atoms with Gasteiger partial charge in [-0.3, -0.25) is 19.9 Å². The predicted octanol–water partition coefficient (Wildman–Crippen LogP) is 6.68. The third-order valence-electron chi connectivity index (χ3n) is 7.21. The number of carbonyl (C=O) groups is 1. The molecule has 0 saturated heterocycles. The highest BCUT2D eigenvalue weighted by Gasteiger charge is 2.18. The lowest BCUT2D eigenvalue weighted by Crippen LogP contribution is -2.19. The maximum absolute atomic E-state index is 14.7. The van der Waals surface area contributed by atoms with Crippen molar-refractivity contribution in [2.45, 2.75) is 27.2 Å². The van der Waals surface area contributed by atoms with E-state index in [0.29, 0.717) is 53.5 Å². The lowest BCUT2D eigenvalue weighted by molar-refractivity contribution is -0.117. The Labute approximate surface area is 260 Å². The molecule has 0 saturated carbocycles. The molecule has 0 fully saturated rings. The van der Waals surface area contributed by atoms with E-state index in [9.17, 15) is 9.18 Å². The fourth-order valence-corrected chi connectivity index (χ4v) is 5.14. The van der Waals surface area contributed by atoms with Gasteiger partial charge in [0.05, 0.1) is 40.5 Å². The number of H-pyrrole nitrogens is 2. The van der Waals surface area contributed by atoms with Gasteiger partial charge in [-0.25, -0.2) is 9.37 Å². The Balaban J connectivity index is 1.33. The normalized spacial score (nSPS) is 11.9. The number of aromatic amines is 2. The predicted molar refractivity (Wildman–Crippen MR) is 174 cm³/mol. The maximum Gasteiger partial charge on any atom is 0.224 e. The number of aromatic nitrogens is 6. The number of amides is 1. The van der Waals surface area contributed by atoms with Crippen molar-refractivity contribution in [3.05, 3.63) is 73.1 Å². The number of likely N-dealkylation sites (N-methyl/N-ethyl adjacent to an activating group) is 1. The molecule has 230 valence electrons. The Kier molecular flexibility index (Phi) is 8.03. The van der Waals surface area contributed by atoms with Crippen molar-refractivity contribution in [2.75, 3.05) is 32.6 Å². The van der Waals surface area contributed by atoms with Crippen LogP contribution in [0.15, 0.2) is 67.3 Å². The third kappa shape index (κ3) is 6.83. The van der Waals surface area contributed by atoms with Crippen molar-refractivity contribution in [2.24, 2.45) is 5.41 Å². The van der Waals surface area contributed by atoms with E-state index in [4.69, 9.17) is 9.72 Å². The van der Waals surface area contributed by atoms with Gasteiger partial charge in [0.15, 0.2) is 0 Å². The molecule has 3 N–H and O–H groups in total. The molecule has 5 heterocycles. The summed E-state index contributed by atoms with van der Waals surface area (Å²) in [4.78, 5) is 31.6. The van der Waals surface area contributed by atoms with Gasteiger partial charge in [0.2, 0.25) is 5.91 Å². The summed E-state index contributed by atoms with van der Waals surface area (Å²) in [5, 5.41) is 11.4. The number of fused-ring (bicyclic) bond motifs is 2. The number of rotatable bonds is 9. The van der Waals surface area contributed by atoms with E-state index in [1.807, 2.05) is 70.1 Å². The summed E-state index contributed by atoms with van der Waals surface area (Å²) in [7, 11) is 3.92. The van der Waals surface area contributed by atoms with Crippen LogP contribution in [0.5, 0.6) is 5.75 Å². The molecule has 45 heavy (non-hydrogen) atoms. The number of halogens is 1. The number of carbonyl (C=O) groups excluding carboxylic acids is 1. The van der Waals surface area contributed by atoms with Gasteiger partial charge in [-0.15, -0.1) is 0 Å². The minimum Gasteiger partial charge on any atom is -0.492 e. The second kappa shape index (κ2) is 12.1. The molecule has 0 unspecified atom stereocenters. The molecule has 0 atom stereocenters. The van der Waals surface area contributed by atoms with Crippen molar-refractivity contribution in [1.82, 2.24) is 35.0 Å². The molecule has 6 aromatic rings. The van der Waals surface area contributed by atoms with Crippen molar-refractivity contribution in [1.29, 1.82) is 0 Å². The second-order valence-electron chi connectivity index (χ2n) is 12.6. The summed E-state index contributed by atoms with van der Waals surface area (Å²) < 4.78 is 20.5. The summed E-state index contributed by atoms with van der Waals surface area (Å²) in [6.45, 7) is 7.23. The van der Waals surface area contributed by atoms with Crippen LogP contribution in [-0.2, 0) is 4.79 Å². The fourth-order valence-electron chi connectivity index (χ4n) is 5.14. The standard InChI is InChI=1S/C34H35FN8O2/c1-34(2,3)15-31(44)38-23-11-21(16-36-17-23)27-6-7-28-32(40-27)33(42-41-28)29-14-25-26(18-37-19-30(25)39-29)20-10-22(35)13-24(12-20)45-9-8-43(4)5/h6-7,10-14,16-19,39H,8-9,15H2,1-5H3,(H,38,44)(H,41,42). The molecule has 0 aliphatic carbocycles. The maximum atomic E-state index is 14.7. The molecule has 5 aromatic heterocycles. The Bertz CT molecular complexity index is 2010. The number of anilines is 1. The molecular weight excluding hydrogens is 571 g/mol. The van der Waals surface area contributed by atoms with Gasteiger partial charge >= 0.3 is 0 Å². The first-order valence-corrected chi connectivity index (χ1v) is 14.7. The molecule has 1 aromatic carbocycles.